The summed E-state index contributed by atoms with van der Waals surface area (Å²) in [5, 5.41) is 12.1. The second-order valence-corrected chi connectivity index (χ2v) is 5.02. The predicted molar refractivity (Wildman–Crippen MR) is 87.6 cm³/mol. The monoisotopic (exact) mass is 293 g/mol. The zero-order valence-corrected chi connectivity index (χ0v) is 12.8. The molecule has 112 valence electrons. The van der Waals surface area contributed by atoms with Gasteiger partial charge in [-0.25, -0.2) is 0 Å². The number of nitriles is 1. The molecule has 0 saturated heterocycles. The molecule has 0 aliphatic heterocycles. The molecule has 1 N–H and O–H groups in total. The van der Waals surface area contributed by atoms with Crippen molar-refractivity contribution in [1.29, 1.82) is 5.26 Å². The maximum Gasteiger partial charge on any atom is 0.146 e. The first-order chi connectivity index (χ1) is 10.7. The average Bonchev–Trinajstić information content (AvgIpc) is 2.55. The van der Waals surface area contributed by atoms with Gasteiger partial charge in [-0.15, -0.1) is 0 Å². The zero-order chi connectivity index (χ0) is 15.8. The Kier molecular flexibility index (Phi) is 5.70. The number of nitrogens with zero attached hydrogens (tertiary/aromatic N) is 2. The highest BCUT2D eigenvalue weighted by molar-refractivity contribution is 5.50. The molecule has 0 spiro atoms. The van der Waals surface area contributed by atoms with Crippen molar-refractivity contribution in [3.63, 3.8) is 0 Å². The number of hydrogen-bond acceptors (Lipinski definition) is 4. The topological polar surface area (TPSA) is 57.9 Å². The van der Waals surface area contributed by atoms with E-state index in [1.807, 2.05) is 25.3 Å². The van der Waals surface area contributed by atoms with E-state index in [-0.39, 0.29) is 0 Å². The molecule has 0 aliphatic carbocycles. The van der Waals surface area contributed by atoms with Crippen molar-refractivity contribution in [3.05, 3.63) is 59.9 Å². The number of pyridine rings is 1. The third-order valence-electron chi connectivity index (χ3n) is 3.23. The van der Waals surface area contributed by atoms with Gasteiger partial charge < -0.3 is 10.1 Å². The second kappa shape index (κ2) is 7.96. The Balaban J connectivity index is 2.06. The van der Waals surface area contributed by atoms with Gasteiger partial charge in [-0.05, 0) is 50.2 Å². The van der Waals surface area contributed by atoms with Gasteiger partial charge in [-0.1, -0.05) is 18.2 Å². The Morgan fingerprint density at radius 1 is 1.32 bits per heavy atom. The van der Waals surface area contributed by atoms with E-state index in [4.69, 9.17) is 10.00 Å². The fraction of sp³-hybridized carbons (Fsp3) is 0.222. The first-order valence-electron chi connectivity index (χ1n) is 7.18. The fourth-order valence-corrected chi connectivity index (χ4v) is 1.87. The Hall–Kier alpha value is -2.64. The van der Waals surface area contributed by atoms with Gasteiger partial charge in [0.25, 0.3) is 0 Å². The summed E-state index contributed by atoms with van der Waals surface area (Å²) in [5.41, 5.74) is 1.56. The van der Waals surface area contributed by atoms with Gasteiger partial charge in [-0.3, -0.25) is 4.98 Å². The van der Waals surface area contributed by atoms with Crippen LogP contribution in [0.1, 0.15) is 24.5 Å². The van der Waals surface area contributed by atoms with Crippen LogP contribution in [0.5, 0.6) is 11.5 Å². The Labute approximate surface area is 131 Å². The SMILES string of the molecule is CN[C@@H](C)CC=Cc1cncc(Oc2cccc(C#N)c2)c1. The number of rotatable bonds is 6. The van der Waals surface area contributed by atoms with Gasteiger partial charge in [-0.2, -0.15) is 5.26 Å². The summed E-state index contributed by atoms with van der Waals surface area (Å²) in [4.78, 5) is 4.18. The third-order valence-corrected chi connectivity index (χ3v) is 3.23. The molecule has 1 aromatic carbocycles. The van der Waals surface area contributed by atoms with Crippen molar-refractivity contribution in [2.45, 2.75) is 19.4 Å². The van der Waals surface area contributed by atoms with Gasteiger partial charge in [0.15, 0.2) is 0 Å². The predicted octanol–water partition coefficient (Wildman–Crippen LogP) is 3.76. The van der Waals surface area contributed by atoms with Crippen LogP contribution < -0.4 is 10.1 Å². The average molecular weight is 293 g/mol. The van der Waals surface area contributed by atoms with E-state index in [2.05, 4.69) is 29.4 Å². The summed E-state index contributed by atoms with van der Waals surface area (Å²) in [6.45, 7) is 2.13. The van der Waals surface area contributed by atoms with Crippen molar-refractivity contribution in [1.82, 2.24) is 10.3 Å². The fourth-order valence-electron chi connectivity index (χ4n) is 1.87. The quantitative estimate of drug-likeness (QED) is 0.881. The first-order valence-corrected chi connectivity index (χ1v) is 7.18. The van der Waals surface area contributed by atoms with Gasteiger partial charge in [0.1, 0.15) is 11.5 Å². The van der Waals surface area contributed by atoms with Crippen LogP contribution in [0, 0.1) is 11.3 Å². The highest BCUT2D eigenvalue weighted by Gasteiger charge is 2.00. The van der Waals surface area contributed by atoms with Gasteiger partial charge >= 0.3 is 0 Å². The summed E-state index contributed by atoms with van der Waals surface area (Å²) < 4.78 is 5.75. The van der Waals surface area contributed by atoms with E-state index in [9.17, 15) is 0 Å². The number of hydrogen-bond donors (Lipinski definition) is 1. The molecule has 0 aliphatic rings. The second-order valence-electron chi connectivity index (χ2n) is 5.02. The molecular weight excluding hydrogens is 274 g/mol. The first kappa shape index (κ1) is 15.7. The molecule has 0 fully saturated rings. The Bertz CT molecular complexity index is 689. The molecule has 1 aromatic heterocycles. The summed E-state index contributed by atoms with van der Waals surface area (Å²) in [5.74, 6) is 1.28. The molecule has 0 unspecified atom stereocenters. The minimum Gasteiger partial charge on any atom is -0.456 e. The smallest absolute Gasteiger partial charge is 0.146 e. The molecule has 4 heteroatoms. The van der Waals surface area contributed by atoms with Crippen molar-refractivity contribution in [2.24, 2.45) is 0 Å². The molecule has 0 amide bonds. The number of nitrogens with one attached hydrogen (secondary N) is 1. The van der Waals surface area contributed by atoms with Crippen LogP contribution in [0.25, 0.3) is 6.08 Å². The lowest BCUT2D eigenvalue weighted by atomic mass is 10.2. The van der Waals surface area contributed by atoms with E-state index in [0.29, 0.717) is 23.1 Å². The standard InChI is InChI=1S/C18H19N3O/c1-14(20-2)5-3-7-16-10-18(13-21-12-16)22-17-8-4-6-15(9-17)11-19/h3-4,6-10,12-14,20H,5H2,1-2H3/t14-/m0/s1. The van der Waals surface area contributed by atoms with E-state index in [0.717, 1.165) is 12.0 Å². The molecule has 0 saturated carbocycles. The highest BCUT2D eigenvalue weighted by atomic mass is 16.5. The lowest BCUT2D eigenvalue weighted by molar-refractivity contribution is 0.480. The Morgan fingerprint density at radius 3 is 2.95 bits per heavy atom. The van der Waals surface area contributed by atoms with Crippen molar-refractivity contribution in [2.75, 3.05) is 7.05 Å². The molecule has 2 rings (SSSR count). The maximum atomic E-state index is 8.90. The minimum absolute atomic E-state index is 0.442. The third kappa shape index (κ3) is 4.72. The largest absolute Gasteiger partial charge is 0.456 e. The molecule has 1 heterocycles. The highest BCUT2D eigenvalue weighted by Crippen LogP contribution is 2.22. The summed E-state index contributed by atoms with van der Waals surface area (Å²) in [7, 11) is 1.95. The number of aromatic nitrogens is 1. The normalized spacial score (nSPS) is 12.0. The molecule has 1 atom stereocenters. The molecule has 22 heavy (non-hydrogen) atoms. The summed E-state index contributed by atoms with van der Waals surface area (Å²) in [6.07, 6.45) is 8.54. The molecular formula is C18H19N3O. The van der Waals surface area contributed by atoms with E-state index in [1.165, 1.54) is 0 Å². The van der Waals surface area contributed by atoms with Crippen molar-refractivity contribution >= 4 is 6.08 Å². The van der Waals surface area contributed by atoms with E-state index < -0.39 is 0 Å². The van der Waals surface area contributed by atoms with E-state index >= 15 is 0 Å². The van der Waals surface area contributed by atoms with Crippen LogP contribution in [0.3, 0.4) is 0 Å². The van der Waals surface area contributed by atoms with Gasteiger partial charge in [0, 0.05) is 12.2 Å². The van der Waals surface area contributed by atoms with Gasteiger partial charge in [0.05, 0.1) is 17.8 Å². The maximum absolute atomic E-state index is 8.90. The lowest BCUT2D eigenvalue weighted by Gasteiger charge is -2.07. The van der Waals surface area contributed by atoms with Crippen molar-refractivity contribution < 1.29 is 4.74 Å². The van der Waals surface area contributed by atoms with Crippen LogP contribution in [-0.4, -0.2) is 18.1 Å². The Morgan fingerprint density at radius 2 is 2.18 bits per heavy atom. The van der Waals surface area contributed by atoms with Crippen LogP contribution in [0.4, 0.5) is 0 Å². The summed E-state index contributed by atoms with van der Waals surface area (Å²) >= 11 is 0. The number of benzene rings is 1. The van der Waals surface area contributed by atoms with Gasteiger partial charge in [0.2, 0.25) is 0 Å². The molecule has 4 nitrogen and oxygen atoms in total. The summed E-state index contributed by atoms with van der Waals surface area (Å²) in [6, 6.07) is 11.5. The van der Waals surface area contributed by atoms with Crippen LogP contribution in [0.2, 0.25) is 0 Å². The molecule has 0 radical (unpaired) electrons. The minimum atomic E-state index is 0.442. The molecule has 0 bridgehead atoms. The number of ether oxygens (including phenoxy) is 1. The van der Waals surface area contributed by atoms with E-state index in [1.54, 1.807) is 30.6 Å². The van der Waals surface area contributed by atoms with Crippen LogP contribution in [0.15, 0.2) is 48.8 Å². The zero-order valence-electron chi connectivity index (χ0n) is 12.8. The van der Waals surface area contributed by atoms with Crippen LogP contribution >= 0.6 is 0 Å². The lowest BCUT2D eigenvalue weighted by Crippen LogP contribution is -2.19. The van der Waals surface area contributed by atoms with Crippen molar-refractivity contribution in [3.8, 4) is 17.6 Å². The molecule has 2 aromatic rings. The van der Waals surface area contributed by atoms with Crippen LogP contribution in [-0.2, 0) is 0 Å².